The molecule has 2 atom stereocenters. The quantitative estimate of drug-likeness (QED) is 0.394. The average Bonchev–Trinajstić information content (AvgIpc) is 2.91. The fourth-order valence-electron chi connectivity index (χ4n) is 2.49. The molecule has 0 N–H and O–H groups in total. The molecule has 9 heteroatoms. The highest BCUT2D eigenvalue weighted by Gasteiger charge is 2.64. The highest BCUT2D eigenvalue weighted by atomic mass is 28.4. The van der Waals surface area contributed by atoms with Gasteiger partial charge in [0.05, 0.1) is 6.10 Å². The molecule has 3 aliphatic rings. The SMILES string of the molecule is C1CCC2([SiH]3O[SiH2]O[SiH2]O[SiH2]O3)OC2C1. The van der Waals surface area contributed by atoms with Gasteiger partial charge < -0.3 is 21.2 Å². The number of hydrogen-bond donors (Lipinski definition) is 0. The second-order valence-electron chi connectivity index (χ2n) is 4.23. The second-order valence-corrected chi connectivity index (χ2v) is 12.5. The minimum absolute atomic E-state index is 0.0177. The van der Waals surface area contributed by atoms with Crippen molar-refractivity contribution < 1.29 is 21.2 Å². The molecule has 2 heterocycles. The Morgan fingerprint density at radius 3 is 2.60 bits per heavy atom. The minimum Gasteiger partial charge on any atom is -0.425 e. The number of ether oxygens (including phenoxy) is 1. The first-order chi connectivity index (χ1) is 7.42. The number of hydrogen-bond acceptors (Lipinski definition) is 5. The number of fused-ring (bicyclic) bond motifs is 1. The van der Waals surface area contributed by atoms with E-state index in [1.54, 1.807) is 0 Å². The normalized spacial score (nSPS) is 51.2. The zero-order chi connectivity index (χ0) is 10.1. The molecule has 0 aromatic carbocycles. The fraction of sp³-hybridized carbons (Fsp3) is 1.00. The van der Waals surface area contributed by atoms with Crippen LogP contribution >= 0.6 is 0 Å². The van der Waals surface area contributed by atoms with Crippen molar-refractivity contribution in [3.8, 4) is 0 Å². The van der Waals surface area contributed by atoms with Crippen LogP contribution in [0.1, 0.15) is 25.7 Å². The van der Waals surface area contributed by atoms with Gasteiger partial charge >= 0.3 is 9.28 Å². The smallest absolute Gasteiger partial charge is 0.339 e. The van der Waals surface area contributed by atoms with Crippen LogP contribution in [0.4, 0.5) is 0 Å². The third-order valence-corrected chi connectivity index (χ3v) is 11.1. The van der Waals surface area contributed by atoms with Crippen LogP contribution in [0.15, 0.2) is 0 Å². The van der Waals surface area contributed by atoms with Gasteiger partial charge in [0.2, 0.25) is 0 Å². The summed E-state index contributed by atoms with van der Waals surface area (Å²) in [4.78, 5) is 0. The molecule has 1 aliphatic carbocycles. The van der Waals surface area contributed by atoms with Crippen LogP contribution in [0.3, 0.4) is 0 Å². The van der Waals surface area contributed by atoms with Crippen molar-refractivity contribution in [2.24, 2.45) is 0 Å². The van der Waals surface area contributed by atoms with Gasteiger partial charge in [-0.15, -0.1) is 0 Å². The second kappa shape index (κ2) is 4.50. The van der Waals surface area contributed by atoms with E-state index in [1.165, 1.54) is 19.3 Å². The van der Waals surface area contributed by atoms with Crippen LogP contribution in [0.25, 0.3) is 0 Å². The highest BCUT2D eigenvalue weighted by Crippen LogP contribution is 2.49. The van der Waals surface area contributed by atoms with Gasteiger partial charge in [0, 0.05) is 0 Å². The summed E-state index contributed by atoms with van der Waals surface area (Å²) in [5.74, 6) is 0. The first-order valence-electron chi connectivity index (χ1n) is 5.48. The molecular formula is C6H16O5Si4. The van der Waals surface area contributed by atoms with Crippen LogP contribution in [0.5, 0.6) is 0 Å². The Labute approximate surface area is 97.8 Å². The topological polar surface area (TPSA) is 49.5 Å². The molecule has 2 saturated heterocycles. The first-order valence-corrected chi connectivity index (χ1v) is 10.5. The number of rotatable bonds is 1. The van der Waals surface area contributed by atoms with Gasteiger partial charge in [-0.05, 0) is 12.8 Å². The maximum Gasteiger partial charge on any atom is 0.339 e. The molecule has 0 amide bonds. The lowest BCUT2D eigenvalue weighted by Gasteiger charge is -2.27. The van der Waals surface area contributed by atoms with Gasteiger partial charge in [-0.3, -0.25) is 0 Å². The van der Waals surface area contributed by atoms with E-state index in [1.807, 2.05) is 0 Å². The van der Waals surface area contributed by atoms with Crippen LogP contribution in [-0.4, -0.2) is 50.6 Å². The zero-order valence-electron chi connectivity index (χ0n) is 8.65. The lowest BCUT2D eigenvalue weighted by molar-refractivity contribution is 0.265. The molecule has 0 bridgehead atoms. The van der Waals surface area contributed by atoms with Crippen molar-refractivity contribution in [2.45, 2.75) is 37.0 Å². The van der Waals surface area contributed by atoms with Gasteiger partial charge in [-0.2, -0.15) is 0 Å². The molecule has 3 rings (SSSR count). The maximum absolute atomic E-state index is 5.86. The zero-order valence-corrected chi connectivity index (χ0v) is 14.0. The molecule has 0 radical (unpaired) electrons. The first kappa shape index (κ1) is 10.8. The predicted octanol–water partition coefficient (Wildman–Crippen LogP) is -2.47. The van der Waals surface area contributed by atoms with Gasteiger partial charge in [0.25, 0.3) is 30.0 Å². The Bertz CT molecular complexity index is 236. The fourth-order valence-corrected chi connectivity index (χ4v) is 12.7. The molecule has 86 valence electrons. The molecule has 5 nitrogen and oxygen atoms in total. The molecule has 15 heavy (non-hydrogen) atoms. The molecule has 0 aromatic rings. The summed E-state index contributed by atoms with van der Waals surface area (Å²) >= 11 is 0. The van der Waals surface area contributed by atoms with Crippen LogP contribution in [0, 0.1) is 0 Å². The summed E-state index contributed by atoms with van der Waals surface area (Å²) in [6.07, 6.45) is 5.31. The van der Waals surface area contributed by atoms with Crippen molar-refractivity contribution in [3.05, 3.63) is 0 Å². The predicted molar refractivity (Wildman–Crippen MR) is 63.2 cm³/mol. The van der Waals surface area contributed by atoms with E-state index in [0.29, 0.717) is 6.10 Å². The summed E-state index contributed by atoms with van der Waals surface area (Å²) < 4.78 is 28.4. The molecule has 1 saturated carbocycles. The van der Waals surface area contributed by atoms with E-state index in [2.05, 4.69) is 0 Å². The molecule has 0 spiro atoms. The Balaban J connectivity index is 1.64. The minimum atomic E-state index is -1.65. The van der Waals surface area contributed by atoms with Crippen molar-refractivity contribution >= 4 is 39.3 Å². The number of epoxide rings is 1. The average molecular weight is 281 g/mol. The van der Waals surface area contributed by atoms with Crippen molar-refractivity contribution in [2.75, 3.05) is 0 Å². The van der Waals surface area contributed by atoms with E-state index >= 15 is 0 Å². The summed E-state index contributed by atoms with van der Waals surface area (Å²) in [6, 6.07) is 0. The van der Waals surface area contributed by atoms with Crippen LogP contribution in [0.2, 0.25) is 0 Å². The summed E-state index contributed by atoms with van der Waals surface area (Å²) in [7, 11) is -4.07. The monoisotopic (exact) mass is 280 g/mol. The van der Waals surface area contributed by atoms with Crippen molar-refractivity contribution in [1.82, 2.24) is 0 Å². The Morgan fingerprint density at radius 1 is 1.07 bits per heavy atom. The van der Waals surface area contributed by atoms with Gasteiger partial charge in [0.1, 0.15) is 5.22 Å². The standard InChI is InChI=1S/C6H16O5Si4/c1-2-4-6(5(3-1)7-6)15-10-13-8-12-9-14-11-15/h5,15H,1-4,12-14H2. The largest absolute Gasteiger partial charge is 0.425 e. The third-order valence-electron chi connectivity index (χ3n) is 3.30. The van der Waals surface area contributed by atoms with E-state index < -0.39 is 39.3 Å². The lowest BCUT2D eigenvalue weighted by atomic mass is 10.0. The summed E-state index contributed by atoms with van der Waals surface area (Å²) in [5.41, 5.74) is 0. The highest BCUT2D eigenvalue weighted by molar-refractivity contribution is 6.62. The molecule has 2 unspecified atom stereocenters. The van der Waals surface area contributed by atoms with Gasteiger partial charge in [-0.25, -0.2) is 0 Å². The van der Waals surface area contributed by atoms with Gasteiger partial charge in [-0.1, -0.05) is 12.8 Å². The Hall–Kier alpha value is 0.668. The van der Waals surface area contributed by atoms with E-state index in [9.17, 15) is 0 Å². The van der Waals surface area contributed by atoms with Crippen LogP contribution < -0.4 is 0 Å². The molecular weight excluding hydrogens is 264 g/mol. The molecule has 3 fully saturated rings. The third kappa shape index (κ3) is 2.08. The lowest BCUT2D eigenvalue weighted by Crippen LogP contribution is -2.47. The van der Waals surface area contributed by atoms with Crippen LogP contribution in [-0.2, 0) is 21.2 Å². The summed E-state index contributed by atoms with van der Waals surface area (Å²) in [5, 5.41) is 0.0177. The Kier molecular flexibility index (Phi) is 3.24. The van der Waals surface area contributed by atoms with E-state index in [-0.39, 0.29) is 5.22 Å². The molecule has 0 aromatic heterocycles. The Morgan fingerprint density at radius 2 is 1.87 bits per heavy atom. The van der Waals surface area contributed by atoms with Gasteiger partial charge in [0.15, 0.2) is 0 Å². The van der Waals surface area contributed by atoms with E-state index in [0.717, 1.165) is 6.42 Å². The van der Waals surface area contributed by atoms with Crippen molar-refractivity contribution in [1.29, 1.82) is 0 Å². The van der Waals surface area contributed by atoms with Crippen molar-refractivity contribution in [3.63, 3.8) is 0 Å². The van der Waals surface area contributed by atoms with E-state index in [4.69, 9.17) is 21.2 Å². The maximum atomic E-state index is 5.86. The molecule has 2 aliphatic heterocycles. The summed E-state index contributed by atoms with van der Waals surface area (Å²) in [6.45, 7) is 0.